The highest BCUT2D eigenvalue weighted by Gasteiger charge is 2.18. The zero-order valence-electron chi connectivity index (χ0n) is 15.5. The Morgan fingerprint density at radius 1 is 1.00 bits per heavy atom. The summed E-state index contributed by atoms with van der Waals surface area (Å²) in [5.74, 6) is -0.504. The normalized spacial score (nSPS) is 11.1. The van der Waals surface area contributed by atoms with Crippen LogP contribution in [0.4, 0.5) is 5.69 Å². The Labute approximate surface area is 164 Å². The van der Waals surface area contributed by atoms with Gasteiger partial charge in [-0.05, 0) is 67.5 Å². The maximum atomic E-state index is 12.3. The van der Waals surface area contributed by atoms with Crippen LogP contribution in [0.5, 0.6) is 0 Å². The van der Waals surface area contributed by atoms with Crippen LogP contribution in [0.3, 0.4) is 0 Å². The molecule has 9 heteroatoms. The molecule has 2 aromatic rings. The van der Waals surface area contributed by atoms with Crippen molar-refractivity contribution in [3.63, 3.8) is 0 Å². The summed E-state index contributed by atoms with van der Waals surface area (Å²) < 4.78 is 25.4. The van der Waals surface area contributed by atoms with Gasteiger partial charge in [0.15, 0.2) is 5.11 Å². The van der Waals surface area contributed by atoms with Crippen LogP contribution in [0, 0.1) is 13.8 Å². The second-order valence-electron chi connectivity index (χ2n) is 6.22. The summed E-state index contributed by atoms with van der Waals surface area (Å²) in [5.41, 5.74) is 8.24. The maximum absolute atomic E-state index is 12.3. The van der Waals surface area contributed by atoms with Crippen molar-refractivity contribution >= 4 is 38.9 Å². The zero-order valence-corrected chi connectivity index (χ0v) is 17.2. The largest absolute Gasteiger partial charge is 0.331 e. The third kappa shape index (κ3) is 5.49. The molecule has 3 N–H and O–H groups in total. The van der Waals surface area contributed by atoms with Crippen LogP contribution < -0.4 is 16.2 Å². The summed E-state index contributed by atoms with van der Waals surface area (Å²) in [6.07, 6.45) is 0. The first-order valence-electron chi connectivity index (χ1n) is 8.08. The van der Waals surface area contributed by atoms with E-state index < -0.39 is 15.9 Å². The molecule has 0 radical (unpaired) electrons. The van der Waals surface area contributed by atoms with Crippen molar-refractivity contribution in [2.45, 2.75) is 18.7 Å². The number of benzene rings is 2. The van der Waals surface area contributed by atoms with Gasteiger partial charge in [-0.2, -0.15) is 0 Å². The van der Waals surface area contributed by atoms with Crippen LogP contribution in [0.15, 0.2) is 47.4 Å². The van der Waals surface area contributed by atoms with E-state index in [0.717, 1.165) is 21.1 Å². The van der Waals surface area contributed by atoms with E-state index in [4.69, 9.17) is 12.2 Å². The van der Waals surface area contributed by atoms with E-state index in [1.807, 2.05) is 32.0 Å². The monoisotopic (exact) mass is 406 g/mol. The number of nitrogens with one attached hydrogen (secondary N) is 3. The van der Waals surface area contributed by atoms with Crippen LogP contribution >= 0.6 is 12.2 Å². The lowest BCUT2D eigenvalue weighted by atomic mass is 10.1. The minimum atomic E-state index is -3.62. The van der Waals surface area contributed by atoms with E-state index in [9.17, 15) is 13.2 Å². The van der Waals surface area contributed by atoms with Gasteiger partial charge in [0.1, 0.15) is 0 Å². The van der Waals surface area contributed by atoms with Crippen LogP contribution in [0.1, 0.15) is 21.5 Å². The number of hydrogen-bond acceptors (Lipinski definition) is 4. The number of anilines is 1. The highest BCUT2D eigenvalue weighted by molar-refractivity contribution is 7.89. The van der Waals surface area contributed by atoms with Gasteiger partial charge in [0.05, 0.1) is 4.90 Å². The molecule has 0 aromatic heterocycles. The number of hydrazine groups is 1. The number of carbonyl (C=O) groups is 1. The molecule has 0 bridgehead atoms. The van der Waals surface area contributed by atoms with Gasteiger partial charge in [-0.3, -0.25) is 15.6 Å². The van der Waals surface area contributed by atoms with E-state index in [0.29, 0.717) is 0 Å². The SMILES string of the molecule is Cc1cc(C)cc(NC(=S)NNC(=O)c2cccc(S(=O)(=O)N(C)C)c2)c1. The maximum Gasteiger partial charge on any atom is 0.269 e. The number of sulfonamides is 1. The van der Waals surface area contributed by atoms with Crippen molar-refractivity contribution in [1.82, 2.24) is 15.2 Å². The summed E-state index contributed by atoms with van der Waals surface area (Å²) in [7, 11) is -0.756. The van der Waals surface area contributed by atoms with Gasteiger partial charge in [0.25, 0.3) is 5.91 Å². The minimum Gasteiger partial charge on any atom is -0.331 e. The van der Waals surface area contributed by atoms with E-state index in [2.05, 4.69) is 16.2 Å². The molecule has 2 aromatic carbocycles. The fraction of sp³-hybridized carbons (Fsp3) is 0.222. The Kier molecular flexibility index (Phi) is 6.53. The lowest BCUT2D eigenvalue weighted by Gasteiger charge is -2.14. The fourth-order valence-corrected chi connectivity index (χ4v) is 3.52. The molecule has 0 unspecified atom stereocenters. The van der Waals surface area contributed by atoms with Crippen molar-refractivity contribution in [3.8, 4) is 0 Å². The van der Waals surface area contributed by atoms with Gasteiger partial charge >= 0.3 is 0 Å². The lowest BCUT2D eigenvalue weighted by Crippen LogP contribution is -2.43. The van der Waals surface area contributed by atoms with Crippen molar-refractivity contribution in [1.29, 1.82) is 0 Å². The fourth-order valence-electron chi connectivity index (χ4n) is 2.40. The van der Waals surface area contributed by atoms with Gasteiger partial charge in [-0.25, -0.2) is 12.7 Å². The quantitative estimate of drug-likeness (QED) is 0.533. The Balaban J connectivity index is 2.02. The zero-order chi connectivity index (χ0) is 20.2. The van der Waals surface area contributed by atoms with E-state index in [-0.39, 0.29) is 15.6 Å². The minimum absolute atomic E-state index is 0.0380. The third-order valence-corrected chi connectivity index (χ3v) is 5.66. The Morgan fingerprint density at radius 3 is 2.22 bits per heavy atom. The molecule has 0 heterocycles. The lowest BCUT2D eigenvalue weighted by molar-refractivity contribution is 0.0944. The Bertz CT molecular complexity index is 952. The van der Waals surface area contributed by atoms with Gasteiger partial charge < -0.3 is 5.32 Å². The highest BCUT2D eigenvalue weighted by atomic mass is 32.2. The average molecular weight is 407 g/mol. The molecule has 7 nitrogen and oxygen atoms in total. The number of carbonyl (C=O) groups excluding carboxylic acids is 1. The topological polar surface area (TPSA) is 90.5 Å². The molecule has 0 fully saturated rings. The molecule has 27 heavy (non-hydrogen) atoms. The van der Waals surface area contributed by atoms with Crippen molar-refractivity contribution < 1.29 is 13.2 Å². The highest BCUT2D eigenvalue weighted by Crippen LogP contribution is 2.15. The Morgan fingerprint density at radius 2 is 1.63 bits per heavy atom. The second-order valence-corrected chi connectivity index (χ2v) is 8.78. The second kappa shape index (κ2) is 8.47. The number of rotatable bonds is 4. The molecule has 0 saturated carbocycles. The van der Waals surface area contributed by atoms with E-state index in [1.165, 1.54) is 38.4 Å². The number of aryl methyl sites for hydroxylation is 2. The van der Waals surface area contributed by atoms with Crippen molar-refractivity contribution in [2.75, 3.05) is 19.4 Å². The van der Waals surface area contributed by atoms with Crippen LogP contribution in [-0.2, 0) is 10.0 Å². The first-order chi connectivity index (χ1) is 12.6. The van der Waals surface area contributed by atoms with Crippen molar-refractivity contribution in [3.05, 3.63) is 59.2 Å². The standard InChI is InChI=1S/C18H22N4O3S2/c1-12-8-13(2)10-15(9-12)19-18(26)21-20-17(23)14-6-5-7-16(11-14)27(24,25)22(3)4/h5-11H,1-4H3,(H,20,23)(H2,19,21,26). The number of amides is 1. The summed E-state index contributed by atoms with van der Waals surface area (Å²) in [6, 6.07) is 11.7. The van der Waals surface area contributed by atoms with Gasteiger partial charge in [-0.15, -0.1) is 0 Å². The molecule has 2 rings (SSSR count). The molecule has 0 saturated heterocycles. The van der Waals surface area contributed by atoms with Crippen molar-refractivity contribution in [2.24, 2.45) is 0 Å². The summed E-state index contributed by atoms with van der Waals surface area (Å²) in [6.45, 7) is 3.95. The summed E-state index contributed by atoms with van der Waals surface area (Å²) in [4.78, 5) is 12.3. The molecular weight excluding hydrogens is 384 g/mol. The Hall–Kier alpha value is -2.49. The summed E-state index contributed by atoms with van der Waals surface area (Å²) in [5, 5.41) is 3.20. The first-order valence-corrected chi connectivity index (χ1v) is 9.92. The van der Waals surface area contributed by atoms with Crippen LogP contribution in [0.25, 0.3) is 0 Å². The molecule has 144 valence electrons. The first kappa shape index (κ1) is 20.8. The smallest absolute Gasteiger partial charge is 0.269 e. The van der Waals surface area contributed by atoms with Gasteiger partial charge in [-0.1, -0.05) is 12.1 Å². The van der Waals surface area contributed by atoms with E-state index in [1.54, 1.807) is 0 Å². The molecular formula is C18H22N4O3S2. The molecule has 0 aliphatic carbocycles. The van der Waals surface area contributed by atoms with Crippen LogP contribution in [-0.4, -0.2) is 37.8 Å². The average Bonchev–Trinajstić information content (AvgIpc) is 2.58. The number of thiocarbonyl (C=S) groups is 1. The molecule has 0 spiro atoms. The van der Waals surface area contributed by atoms with Crippen LogP contribution in [0.2, 0.25) is 0 Å². The predicted molar refractivity (Wildman–Crippen MR) is 110 cm³/mol. The molecule has 0 aliphatic heterocycles. The predicted octanol–water partition coefficient (Wildman–Crippen LogP) is 2.19. The molecule has 0 aliphatic rings. The third-order valence-electron chi connectivity index (χ3n) is 3.64. The number of nitrogens with zero attached hydrogens (tertiary/aromatic N) is 1. The van der Waals surface area contributed by atoms with Gasteiger partial charge in [0.2, 0.25) is 10.0 Å². The van der Waals surface area contributed by atoms with E-state index >= 15 is 0 Å². The summed E-state index contributed by atoms with van der Waals surface area (Å²) >= 11 is 5.17. The van der Waals surface area contributed by atoms with Gasteiger partial charge in [0, 0.05) is 25.3 Å². The number of hydrogen-bond donors (Lipinski definition) is 3. The molecule has 0 atom stereocenters. The molecule has 1 amide bonds.